The normalized spacial score (nSPS) is 15.1. The number of amides is 1. The van der Waals surface area contributed by atoms with E-state index in [0.29, 0.717) is 17.6 Å². The van der Waals surface area contributed by atoms with Crippen LogP contribution in [0.5, 0.6) is 0 Å². The van der Waals surface area contributed by atoms with Gasteiger partial charge >= 0.3 is 0 Å². The summed E-state index contributed by atoms with van der Waals surface area (Å²) in [5.74, 6) is 0.419. The summed E-state index contributed by atoms with van der Waals surface area (Å²) in [6.07, 6.45) is 9.33. The Labute approximate surface area is 142 Å². The van der Waals surface area contributed by atoms with Gasteiger partial charge in [0.05, 0.1) is 5.56 Å². The molecule has 1 fully saturated rings. The predicted octanol–water partition coefficient (Wildman–Crippen LogP) is 4.09. The van der Waals surface area contributed by atoms with Crippen LogP contribution in [0.25, 0.3) is 0 Å². The summed E-state index contributed by atoms with van der Waals surface area (Å²) in [5.41, 5.74) is 3.40. The summed E-state index contributed by atoms with van der Waals surface area (Å²) >= 11 is 0. The second-order valence-electron chi connectivity index (χ2n) is 6.50. The molecule has 0 bridgehead atoms. The maximum Gasteiger partial charge on any atom is 0.258 e. The Hall–Kier alpha value is -2.43. The van der Waals surface area contributed by atoms with Crippen LogP contribution in [0.3, 0.4) is 0 Å². The zero-order valence-electron chi connectivity index (χ0n) is 14.3. The van der Waals surface area contributed by atoms with Crippen LogP contribution in [0.1, 0.15) is 53.6 Å². The number of anilines is 2. The Morgan fingerprint density at radius 3 is 2.29 bits per heavy atom. The molecule has 1 aromatic carbocycles. The van der Waals surface area contributed by atoms with Gasteiger partial charge in [0.25, 0.3) is 5.91 Å². The van der Waals surface area contributed by atoms with Crippen LogP contribution < -0.4 is 10.6 Å². The average Bonchev–Trinajstić information content (AvgIpc) is 2.60. The number of aryl methyl sites for hydroxylation is 2. The van der Waals surface area contributed by atoms with Gasteiger partial charge in [-0.25, -0.2) is 9.97 Å². The molecule has 0 atom stereocenters. The van der Waals surface area contributed by atoms with E-state index in [0.717, 1.165) is 29.7 Å². The van der Waals surface area contributed by atoms with Gasteiger partial charge in [0.15, 0.2) is 0 Å². The smallest absolute Gasteiger partial charge is 0.258 e. The molecule has 5 heteroatoms. The summed E-state index contributed by atoms with van der Waals surface area (Å²) in [5, 5.41) is 6.32. The van der Waals surface area contributed by atoms with Gasteiger partial charge in [-0.3, -0.25) is 4.79 Å². The lowest BCUT2D eigenvalue weighted by atomic mass is 9.96. The first-order chi connectivity index (χ1) is 11.6. The largest absolute Gasteiger partial charge is 0.351 e. The first-order valence-corrected chi connectivity index (χ1v) is 8.59. The second kappa shape index (κ2) is 7.43. The molecule has 24 heavy (non-hydrogen) atoms. The van der Waals surface area contributed by atoms with Crippen molar-refractivity contribution in [1.29, 1.82) is 0 Å². The van der Waals surface area contributed by atoms with E-state index < -0.39 is 0 Å². The minimum absolute atomic E-state index is 0.184. The number of nitrogens with zero attached hydrogens (tertiary/aromatic N) is 2. The van der Waals surface area contributed by atoms with Crippen molar-refractivity contribution in [2.75, 3.05) is 10.6 Å². The Balaban J connectivity index is 1.65. The topological polar surface area (TPSA) is 66.9 Å². The number of hydrogen-bond donors (Lipinski definition) is 2. The summed E-state index contributed by atoms with van der Waals surface area (Å²) in [6, 6.07) is 6.40. The molecular formula is C19H24N4O. The van der Waals surface area contributed by atoms with E-state index in [2.05, 4.69) is 20.6 Å². The van der Waals surface area contributed by atoms with Crippen molar-refractivity contribution >= 4 is 17.5 Å². The van der Waals surface area contributed by atoms with E-state index in [9.17, 15) is 4.79 Å². The quantitative estimate of drug-likeness (QED) is 0.889. The molecule has 3 rings (SSSR count). The Kier molecular flexibility index (Phi) is 5.08. The van der Waals surface area contributed by atoms with Gasteiger partial charge in [-0.05, 0) is 37.8 Å². The molecule has 5 nitrogen and oxygen atoms in total. The molecule has 1 aromatic heterocycles. The Morgan fingerprint density at radius 2 is 1.67 bits per heavy atom. The molecule has 0 unspecified atom stereocenters. The number of rotatable bonds is 4. The van der Waals surface area contributed by atoms with Crippen LogP contribution in [0.4, 0.5) is 11.6 Å². The summed E-state index contributed by atoms with van der Waals surface area (Å²) < 4.78 is 0. The number of carbonyl (C=O) groups is 1. The molecule has 0 radical (unpaired) electrons. The maximum absolute atomic E-state index is 12.4. The number of para-hydroxylation sites is 1. The van der Waals surface area contributed by atoms with Crippen molar-refractivity contribution in [2.45, 2.75) is 52.0 Å². The zero-order chi connectivity index (χ0) is 16.9. The van der Waals surface area contributed by atoms with Crippen LogP contribution in [0.15, 0.2) is 30.6 Å². The number of nitrogens with one attached hydrogen (secondary N) is 2. The highest BCUT2D eigenvalue weighted by Gasteiger charge is 2.15. The molecule has 0 aliphatic heterocycles. The van der Waals surface area contributed by atoms with Gasteiger partial charge in [0, 0.05) is 24.1 Å². The third kappa shape index (κ3) is 3.91. The minimum Gasteiger partial charge on any atom is -0.351 e. The fourth-order valence-electron chi connectivity index (χ4n) is 3.15. The van der Waals surface area contributed by atoms with E-state index in [1.165, 1.54) is 19.3 Å². The Bertz CT molecular complexity index is 686. The van der Waals surface area contributed by atoms with Gasteiger partial charge in [0.1, 0.15) is 0 Å². The highest BCUT2D eigenvalue weighted by molar-refractivity contribution is 6.04. The van der Waals surface area contributed by atoms with Gasteiger partial charge in [0.2, 0.25) is 5.95 Å². The average molecular weight is 324 g/mol. The standard InChI is InChI=1S/C19H24N4O/c1-13-7-6-8-14(2)17(13)23-18(24)15-11-20-19(21-12-15)22-16-9-4-3-5-10-16/h6-8,11-12,16H,3-5,9-10H2,1-2H3,(H,23,24)(H,20,21,22). The second-order valence-corrected chi connectivity index (χ2v) is 6.50. The van der Waals surface area contributed by atoms with E-state index >= 15 is 0 Å². The van der Waals surface area contributed by atoms with E-state index in [1.54, 1.807) is 12.4 Å². The SMILES string of the molecule is Cc1cccc(C)c1NC(=O)c1cnc(NC2CCCCC2)nc1. The molecule has 2 N–H and O–H groups in total. The third-order valence-corrected chi connectivity index (χ3v) is 4.57. The monoisotopic (exact) mass is 324 g/mol. The Morgan fingerprint density at radius 1 is 1.04 bits per heavy atom. The van der Waals surface area contributed by atoms with E-state index in [4.69, 9.17) is 0 Å². The van der Waals surface area contributed by atoms with Crippen molar-refractivity contribution in [3.8, 4) is 0 Å². The number of carbonyl (C=O) groups excluding carboxylic acids is 1. The molecular weight excluding hydrogens is 300 g/mol. The molecule has 1 heterocycles. The van der Waals surface area contributed by atoms with Crippen LogP contribution in [-0.2, 0) is 0 Å². The van der Waals surface area contributed by atoms with Gasteiger partial charge in [-0.1, -0.05) is 37.5 Å². The summed E-state index contributed by atoms with van der Waals surface area (Å²) in [7, 11) is 0. The number of benzene rings is 1. The lowest BCUT2D eigenvalue weighted by Gasteiger charge is -2.22. The fourth-order valence-corrected chi connectivity index (χ4v) is 3.15. The van der Waals surface area contributed by atoms with Crippen molar-refractivity contribution in [2.24, 2.45) is 0 Å². The molecule has 1 amide bonds. The van der Waals surface area contributed by atoms with E-state index in [-0.39, 0.29) is 5.91 Å². The van der Waals surface area contributed by atoms with Gasteiger partial charge < -0.3 is 10.6 Å². The first-order valence-electron chi connectivity index (χ1n) is 8.59. The van der Waals surface area contributed by atoms with Crippen molar-refractivity contribution < 1.29 is 4.79 Å². The molecule has 126 valence electrons. The van der Waals surface area contributed by atoms with Gasteiger partial charge in [-0.15, -0.1) is 0 Å². The van der Waals surface area contributed by atoms with Crippen LogP contribution in [0, 0.1) is 13.8 Å². The molecule has 0 saturated heterocycles. The molecule has 1 aliphatic rings. The van der Waals surface area contributed by atoms with Crippen LogP contribution >= 0.6 is 0 Å². The minimum atomic E-state index is -0.184. The number of aromatic nitrogens is 2. The van der Waals surface area contributed by atoms with Gasteiger partial charge in [-0.2, -0.15) is 0 Å². The third-order valence-electron chi connectivity index (χ3n) is 4.57. The fraction of sp³-hybridized carbons (Fsp3) is 0.421. The zero-order valence-corrected chi connectivity index (χ0v) is 14.3. The lowest BCUT2D eigenvalue weighted by molar-refractivity contribution is 0.102. The molecule has 2 aromatic rings. The van der Waals surface area contributed by atoms with Crippen molar-refractivity contribution in [3.63, 3.8) is 0 Å². The predicted molar refractivity (Wildman–Crippen MR) is 96.4 cm³/mol. The summed E-state index contributed by atoms with van der Waals surface area (Å²) in [6.45, 7) is 3.96. The first kappa shape index (κ1) is 16.4. The summed E-state index contributed by atoms with van der Waals surface area (Å²) in [4.78, 5) is 21.0. The maximum atomic E-state index is 12.4. The van der Waals surface area contributed by atoms with Crippen molar-refractivity contribution in [1.82, 2.24) is 9.97 Å². The lowest BCUT2D eigenvalue weighted by Crippen LogP contribution is -2.23. The molecule has 1 saturated carbocycles. The van der Waals surface area contributed by atoms with Crippen LogP contribution in [0.2, 0.25) is 0 Å². The molecule has 0 spiro atoms. The number of hydrogen-bond acceptors (Lipinski definition) is 4. The highest BCUT2D eigenvalue weighted by Crippen LogP contribution is 2.21. The van der Waals surface area contributed by atoms with Crippen molar-refractivity contribution in [3.05, 3.63) is 47.3 Å². The van der Waals surface area contributed by atoms with Crippen LogP contribution in [-0.4, -0.2) is 21.9 Å². The highest BCUT2D eigenvalue weighted by atomic mass is 16.1. The molecule has 1 aliphatic carbocycles. The van der Waals surface area contributed by atoms with E-state index in [1.807, 2.05) is 32.0 Å².